The van der Waals surface area contributed by atoms with Crippen molar-refractivity contribution in [1.82, 2.24) is 0 Å². The number of hydrogen-bond acceptors (Lipinski definition) is 0. The normalized spacial score (nSPS) is 33.0. The Morgan fingerprint density at radius 3 is 1.88 bits per heavy atom. The molecule has 1 aliphatic carbocycles. The zero-order valence-electron chi connectivity index (χ0n) is 4.85. The van der Waals surface area contributed by atoms with Crippen LogP contribution < -0.4 is 0 Å². The SMILES string of the molecule is C1CC2(C1)C[Te][Te]C2. The fourth-order valence-corrected chi connectivity index (χ4v) is 19.5. The fraction of sp³-hybridized carbons (Fsp3) is 1.00. The average Bonchev–Trinajstić information content (AvgIpc) is 2.07. The van der Waals surface area contributed by atoms with Crippen LogP contribution in [0.5, 0.6) is 0 Å². The maximum atomic E-state index is 1.75. The zero-order valence-corrected chi connectivity index (χ0v) is 9.51. The van der Waals surface area contributed by atoms with Crippen LogP contribution in [0.2, 0.25) is 8.94 Å². The summed E-state index contributed by atoms with van der Waals surface area (Å²) in [5, 5.41) is 0. The summed E-state index contributed by atoms with van der Waals surface area (Å²) in [6.07, 6.45) is 4.82. The van der Waals surface area contributed by atoms with Crippen molar-refractivity contribution in [3.63, 3.8) is 0 Å². The van der Waals surface area contributed by atoms with E-state index in [1.54, 1.807) is 28.2 Å². The molecule has 8 heavy (non-hydrogen) atoms. The monoisotopic (exact) mass is 342 g/mol. The summed E-state index contributed by atoms with van der Waals surface area (Å²) in [4.78, 5) is 0. The molecule has 0 nitrogen and oxygen atoms in total. The first kappa shape index (κ1) is 6.30. The first-order chi connectivity index (χ1) is 3.91. The topological polar surface area (TPSA) is 0 Å². The van der Waals surface area contributed by atoms with Crippen LogP contribution in [0.1, 0.15) is 19.3 Å². The van der Waals surface area contributed by atoms with Gasteiger partial charge in [-0.25, -0.2) is 0 Å². The predicted molar refractivity (Wildman–Crippen MR) is 37.4 cm³/mol. The molecule has 0 aromatic rings. The molecule has 46 valence electrons. The molecule has 1 aliphatic heterocycles. The van der Waals surface area contributed by atoms with Gasteiger partial charge >= 0.3 is 67.7 Å². The zero-order chi connectivity index (χ0) is 5.45. The molecule has 0 aromatic carbocycles. The van der Waals surface area contributed by atoms with Gasteiger partial charge in [0.2, 0.25) is 0 Å². The Bertz CT molecular complexity index is 88.7. The van der Waals surface area contributed by atoms with Gasteiger partial charge in [-0.1, -0.05) is 0 Å². The second-order valence-electron chi connectivity index (χ2n) is 2.88. The van der Waals surface area contributed by atoms with Crippen molar-refractivity contribution in [2.24, 2.45) is 5.41 Å². The maximum absolute atomic E-state index is 1.75. The van der Waals surface area contributed by atoms with Crippen LogP contribution in [0.15, 0.2) is 0 Å². The van der Waals surface area contributed by atoms with Crippen LogP contribution in [0.4, 0.5) is 0 Å². The molecule has 1 spiro atoms. The van der Waals surface area contributed by atoms with Crippen LogP contribution in [-0.4, -0.2) is 34.1 Å². The van der Waals surface area contributed by atoms with E-state index < -0.39 is 0 Å². The summed E-state index contributed by atoms with van der Waals surface area (Å²) in [7, 11) is 0. The van der Waals surface area contributed by atoms with E-state index in [1.165, 1.54) is 0 Å². The Hall–Kier alpha value is 1.58. The Morgan fingerprint density at radius 1 is 1.00 bits per heavy atom. The molecule has 0 radical (unpaired) electrons. The third-order valence-electron chi connectivity index (χ3n) is 2.23. The van der Waals surface area contributed by atoms with Crippen molar-refractivity contribution in [3.8, 4) is 0 Å². The summed E-state index contributed by atoms with van der Waals surface area (Å²) in [5.74, 6) is 0. The van der Waals surface area contributed by atoms with E-state index in [9.17, 15) is 0 Å². The first-order valence-corrected chi connectivity index (χ1v) is 13.8. The van der Waals surface area contributed by atoms with Gasteiger partial charge in [-0.15, -0.1) is 0 Å². The molecular weight excluding hydrogens is 327 g/mol. The predicted octanol–water partition coefficient (Wildman–Crippen LogP) is 1.33. The van der Waals surface area contributed by atoms with E-state index in [4.69, 9.17) is 0 Å². The molecule has 0 atom stereocenters. The molecule has 1 heterocycles. The Kier molecular flexibility index (Phi) is 1.83. The summed E-state index contributed by atoms with van der Waals surface area (Å²) >= 11 is 1.35. The van der Waals surface area contributed by atoms with E-state index in [1.807, 2.05) is 0 Å². The minimum absolute atomic E-state index is 0.676. The summed E-state index contributed by atoms with van der Waals surface area (Å²) in [6, 6.07) is 0. The van der Waals surface area contributed by atoms with Crippen molar-refractivity contribution in [2.45, 2.75) is 28.2 Å². The van der Waals surface area contributed by atoms with E-state index in [0.717, 1.165) is 5.41 Å². The number of hydrogen-bond donors (Lipinski definition) is 0. The van der Waals surface area contributed by atoms with E-state index in [-0.39, 0.29) is 0 Å². The third kappa shape index (κ3) is 0.950. The minimum atomic E-state index is 0.676. The van der Waals surface area contributed by atoms with Crippen molar-refractivity contribution in [3.05, 3.63) is 0 Å². The summed E-state index contributed by atoms with van der Waals surface area (Å²) in [6.45, 7) is 0. The molecule has 2 heteroatoms. The van der Waals surface area contributed by atoms with Crippen LogP contribution in [0.25, 0.3) is 0 Å². The van der Waals surface area contributed by atoms with Crippen molar-refractivity contribution in [1.29, 1.82) is 0 Å². The van der Waals surface area contributed by atoms with E-state index in [0.29, 0.717) is 34.1 Å². The Labute approximate surface area is 67.1 Å². The third-order valence-corrected chi connectivity index (χ3v) is 14.6. The second-order valence-corrected chi connectivity index (χ2v) is 14.9. The van der Waals surface area contributed by atoms with Crippen molar-refractivity contribution in [2.75, 3.05) is 0 Å². The second kappa shape index (κ2) is 2.32. The van der Waals surface area contributed by atoms with Gasteiger partial charge in [-0.2, -0.15) is 0 Å². The van der Waals surface area contributed by atoms with Gasteiger partial charge in [0.05, 0.1) is 0 Å². The van der Waals surface area contributed by atoms with Crippen LogP contribution in [0.3, 0.4) is 0 Å². The van der Waals surface area contributed by atoms with Crippen LogP contribution in [0, 0.1) is 5.41 Å². The van der Waals surface area contributed by atoms with Crippen LogP contribution >= 0.6 is 0 Å². The molecule has 0 aromatic heterocycles. The van der Waals surface area contributed by atoms with Crippen LogP contribution in [-0.2, 0) is 0 Å². The molecule has 0 bridgehead atoms. The fourth-order valence-electron chi connectivity index (χ4n) is 1.34. The van der Waals surface area contributed by atoms with Gasteiger partial charge in [0.25, 0.3) is 0 Å². The van der Waals surface area contributed by atoms with Crippen molar-refractivity contribution < 1.29 is 0 Å². The average molecular weight is 337 g/mol. The van der Waals surface area contributed by atoms with Gasteiger partial charge in [0.15, 0.2) is 0 Å². The first-order valence-electron chi connectivity index (χ1n) is 3.16. The van der Waals surface area contributed by atoms with E-state index in [2.05, 4.69) is 0 Å². The molecule has 0 unspecified atom stereocenters. The Morgan fingerprint density at radius 2 is 1.62 bits per heavy atom. The molecule has 2 aliphatic rings. The quantitative estimate of drug-likeness (QED) is 0.585. The molecule has 1 saturated heterocycles. The molecule has 0 N–H and O–H groups in total. The molecule has 0 amide bonds. The van der Waals surface area contributed by atoms with Gasteiger partial charge in [0, 0.05) is 0 Å². The Balaban J connectivity index is 2.01. The number of rotatable bonds is 0. The van der Waals surface area contributed by atoms with Gasteiger partial charge in [-0.05, 0) is 0 Å². The summed E-state index contributed by atoms with van der Waals surface area (Å²) < 4.78 is 3.50. The molecule has 1 saturated carbocycles. The van der Waals surface area contributed by atoms with Crippen molar-refractivity contribution >= 4 is 34.1 Å². The molecule has 2 fully saturated rings. The standard InChI is InChI=1S/C6H10Te2/c1-2-6(3-1)4-7-8-5-6/h1-5H2. The van der Waals surface area contributed by atoms with Gasteiger partial charge in [-0.3, -0.25) is 0 Å². The van der Waals surface area contributed by atoms with Gasteiger partial charge < -0.3 is 0 Å². The molecule has 2 rings (SSSR count). The molecular formula is C6H10Te2. The van der Waals surface area contributed by atoms with E-state index >= 15 is 0 Å². The van der Waals surface area contributed by atoms with Gasteiger partial charge in [0.1, 0.15) is 0 Å². The summed E-state index contributed by atoms with van der Waals surface area (Å²) in [5.41, 5.74) is 1.03.